The monoisotopic (exact) mass is 556 g/mol. The maximum atomic E-state index is 14.0. The van der Waals surface area contributed by atoms with Crippen LogP contribution in [-0.2, 0) is 24.3 Å². The molecule has 11 nitrogen and oxygen atoms in total. The van der Waals surface area contributed by atoms with Crippen molar-refractivity contribution in [3.8, 4) is 11.8 Å². The van der Waals surface area contributed by atoms with E-state index in [2.05, 4.69) is 0 Å². The van der Waals surface area contributed by atoms with Gasteiger partial charge >= 0.3 is 12.1 Å². The number of amides is 2. The van der Waals surface area contributed by atoms with E-state index in [9.17, 15) is 22.8 Å². The van der Waals surface area contributed by atoms with E-state index in [-0.39, 0.29) is 23.6 Å². The summed E-state index contributed by atoms with van der Waals surface area (Å²) in [4.78, 5) is 41.2. The minimum Gasteiger partial charge on any atom is -0.461 e. The second-order valence-corrected chi connectivity index (χ2v) is 11.4. The molecule has 0 unspecified atom stereocenters. The summed E-state index contributed by atoms with van der Waals surface area (Å²) in [7, 11) is -0.989. The molecule has 2 amide bonds. The Hall–Kier alpha value is -3.95. The first-order valence-corrected chi connectivity index (χ1v) is 13.9. The number of esters is 1. The van der Waals surface area contributed by atoms with Crippen LogP contribution in [0.15, 0.2) is 53.4 Å². The lowest BCUT2D eigenvalue weighted by molar-refractivity contribution is -0.149. The highest BCUT2D eigenvalue weighted by atomic mass is 32.2. The normalized spacial score (nSPS) is 16.3. The van der Waals surface area contributed by atoms with Crippen molar-refractivity contribution in [3.63, 3.8) is 0 Å². The molecule has 0 N–H and O–H groups in total. The highest BCUT2D eigenvalue weighted by Gasteiger charge is 2.43. The van der Waals surface area contributed by atoms with Crippen molar-refractivity contribution in [3.05, 3.63) is 54.1 Å². The van der Waals surface area contributed by atoms with E-state index in [0.29, 0.717) is 17.7 Å². The molecule has 0 spiro atoms. The van der Waals surface area contributed by atoms with Gasteiger partial charge in [0, 0.05) is 26.3 Å². The second kappa shape index (κ2) is 12.3. The number of hydrogen-bond acceptors (Lipinski definition) is 8. The fourth-order valence-electron chi connectivity index (χ4n) is 4.12. The van der Waals surface area contributed by atoms with Gasteiger partial charge in [-0.25, -0.2) is 18.0 Å². The summed E-state index contributed by atoms with van der Waals surface area (Å²) in [5.41, 5.74) is 0.617. The summed E-state index contributed by atoms with van der Waals surface area (Å²) >= 11 is 0. The van der Waals surface area contributed by atoms with Gasteiger partial charge in [0.1, 0.15) is 17.8 Å². The van der Waals surface area contributed by atoms with Gasteiger partial charge in [0.2, 0.25) is 15.9 Å². The zero-order valence-corrected chi connectivity index (χ0v) is 23.3. The molecule has 2 aromatic carbocycles. The molecule has 2 atom stereocenters. The third kappa shape index (κ3) is 6.74. The van der Waals surface area contributed by atoms with Gasteiger partial charge in [0.05, 0.1) is 22.6 Å². The van der Waals surface area contributed by atoms with E-state index >= 15 is 0 Å². The molecule has 12 heteroatoms. The Bertz CT molecular complexity index is 1350. The minimum absolute atomic E-state index is 0.0351. The van der Waals surface area contributed by atoms with Crippen LogP contribution >= 0.6 is 0 Å². The Balaban J connectivity index is 1.97. The standard InChI is InChI=1S/C27H32N4O7S/c1-18(2)37-26(33)19(3)31(21-10-12-22(13-11-21)38-27(34)29(4)5)25(32)24-7-6-16-30(24)39(35,36)23-14-8-20(17-28)9-15-23/h8-15,18-19,24H,6-7,16H2,1-5H3/t19-,24-/m0/s1. The first-order valence-electron chi connectivity index (χ1n) is 12.4. The molecule has 0 bridgehead atoms. The molecular formula is C27H32N4O7S. The quantitative estimate of drug-likeness (QED) is 0.452. The summed E-state index contributed by atoms with van der Waals surface area (Å²) in [5, 5.41) is 9.04. The predicted octanol–water partition coefficient (Wildman–Crippen LogP) is 3.15. The third-order valence-corrected chi connectivity index (χ3v) is 8.00. The fourth-order valence-corrected chi connectivity index (χ4v) is 5.77. The molecule has 39 heavy (non-hydrogen) atoms. The van der Waals surface area contributed by atoms with E-state index in [0.717, 1.165) is 4.31 Å². The van der Waals surface area contributed by atoms with Gasteiger partial charge in [-0.1, -0.05) is 0 Å². The first kappa shape index (κ1) is 29.6. The van der Waals surface area contributed by atoms with Gasteiger partial charge in [-0.05, 0) is 82.1 Å². The molecule has 2 aromatic rings. The van der Waals surface area contributed by atoms with Crippen LogP contribution in [0.1, 0.15) is 39.2 Å². The summed E-state index contributed by atoms with van der Waals surface area (Å²) in [6.45, 7) is 5.01. The van der Waals surface area contributed by atoms with Crippen molar-refractivity contribution in [2.45, 2.75) is 56.7 Å². The van der Waals surface area contributed by atoms with E-state index in [4.69, 9.17) is 14.7 Å². The molecule has 0 aliphatic carbocycles. The Morgan fingerprint density at radius 3 is 2.18 bits per heavy atom. The maximum absolute atomic E-state index is 14.0. The molecule has 3 rings (SSSR count). The average molecular weight is 557 g/mol. The van der Waals surface area contributed by atoms with Gasteiger partial charge in [-0.15, -0.1) is 0 Å². The second-order valence-electron chi connectivity index (χ2n) is 9.54. The summed E-state index contributed by atoms with van der Waals surface area (Å²) in [6, 6.07) is 11.3. The van der Waals surface area contributed by atoms with Crippen LogP contribution in [-0.4, -0.2) is 74.4 Å². The number of carbonyl (C=O) groups excluding carboxylic acids is 3. The van der Waals surface area contributed by atoms with Crippen molar-refractivity contribution < 1.29 is 32.3 Å². The number of anilines is 1. The molecule has 1 saturated heterocycles. The van der Waals surface area contributed by atoms with Gasteiger partial charge in [-0.3, -0.25) is 9.69 Å². The number of benzene rings is 2. The van der Waals surface area contributed by atoms with Crippen molar-refractivity contribution in [2.75, 3.05) is 25.5 Å². The topological polar surface area (TPSA) is 137 Å². The fraction of sp³-hybridized carbons (Fsp3) is 0.407. The number of nitrogens with zero attached hydrogens (tertiary/aromatic N) is 4. The molecule has 0 radical (unpaired) electrons. The number of hydrogen-bond donors (Lipinski definition) is 0. The molecule has 1 aliphatic rings. The maximum Gasteiger partial charge on any atom is 0.414 e. The average Bonchev–Trinajstić information content (AvgIpc) is 3.40. The first-order chi connectivity index (χ1) is 18.4. The molecular weight excluding hydrogens is 524 g/mol. The van der Waals surface area contributed by atoms with E-state index in [1.54, 1.807) is 27.9 Å². The highest BCUT2D eigenvalue weighted by molar-refractivity contribution is 7.89. The van der Waals surface area contributed by atoms with Crippen LogP contribution in [0.5, 0.6) is 5.75 Å². The number of sulfonamides is 1. The lowest BCUT2D eigenvalue weighted by Crippen LogP contribution is -2.53. The molecule has 1 aliphatic heterocycles. The lowest BCUT2D eigenvalue weighted by Gasteiger charge is -2.33. The zero-order chi connectivity index (χ0) is 28.9. The SMILES string of the molecule is CC(C)OC(=O)[C@H](C)N(C(=O)[C@@H]1CCCN1S(=O)(=O)c1ccc(C#N)cc1)c1ccc(OC(=O)N(C)C)cc1. The minimum atomic E-state index is -4.07. The van der Waals surface area contributed by atoms with Crippen molar-refractivity contribution in [2.24, 2.45) is 0 Å². The van der Waals surface area contributed by atoms with Crippen LogP contribution < -0.4 is 9.64 Å². The highest BCUT2D eigenvalue weighted by Crippen LogP contribution is 2.31. The number of ether oxygens (including phenoxy) is 2. The molecule has 0 aromatic heterocycles. The Labute approximate surface area is 228 Å². The van der Waals surface area contributed by atoms with E-state index in [1.165, 1.54) is 65.3 Å². The number of rotatable bonds is 8. The Morgan fingerprint density at radius 2 is 1.64 bits per heavy atom. The summed E-state index contributed by atoms with van der Waals surface area (Å²) in [6.07, 6.45) is -0.303. The van der Waals surface area contributed by atoms with Crippen LogP contribution in [0.2, 0.25) is 0 Å². The van der Waals surface area contributed by atoms with Crippen LogP contribution in [0.25, 0.3) is 0 Å². The Morgan fingerprint density at radius 1 is 1.03 bits per heavy atom. The van der Waals surface area contributed by atoms with E-state index < -0.39 is 46.2 Å². The van der Waals surface area contributed by atoms with Gasteiger partial charge < -0.3 is 14.4 Å². The molecule has 1 heterocycles. The predicted molar refractivity (Wildman–Crippen MR) is 142 cm³/mol. The van der Waals surface area contributed by atoms with Crippen LogP contribution in [0, 0.1) is 11.3 Å². The number of carbonyl (C=O) groups is 3. The van der Waals surface area contributed by atoms with E-state index in [1.807, 2.05) is 6.07 Å². The van der Waals surface area contributed by atoms with Crippen molar-refractivity contribution in [1.82, 2.24) is 9.21 Å². The lowest BCUT2D eigenvalue weighted by atomic mass is 10.1. The van der Waals surface area contributed by atoms with Crippen molar-refractivity contribution >= 4 is 33.7 Å². The van der Waals surface area contributed by atoms with Crippen molar-refractivity contribution in [1.29, 1.82) is 5.26 Å². The zero-order valence-electron chi connectivity index (χ0n) is 22.5. The smallest absolute Gasteiger partial charge is 0.414 e. The third-order valence-electron chi connectivity index (χ3n) is 6.08. The van der Waals surface area contributed by atoms with Gasteiger partial charge in [0.25, 0.3) is 0 Å². The Kier molecular flexibility index (Phi) is 9.32. The molecule has 1 fully saturated rings. The van der Waals surface area contributed by atoms with Crippen LogP contribution in [0.3, 0.4) is 0 Å². The summed E-state index contributed by atoms with van der Waals surface area (Å²) in [5.74, 6) is -1.01. The number of nitriles is 1. The van der Waals surface area contributed by atoms with Gasteiger partial charge in [0.15, 0.2) is 0 Å². The van der Waals surface area contributed by atoms with Gasteiger partial charge in [-0.2, -0.15) is 9.57 Å². The molecule has 0 saturated carbocycles. The summed E-state index contributed by atoms with van der Waals surface area (Å²) < 4.78 is 38.7. The van der Waals surface area contributed by atoms with Crippen LogP contribution in [0.4, 0.5) is 10.5 Å². The largest absolute Gasteiger partial charge is 0.461 e. The molecule has 208 valence electrons.